The monoisotopic (exact) mass is 972 g/mol. The highest BCUT2D eigenvalue weighted by Crippen LogP contribution is 2.44. The Balaban J connectivity index is 1.07. The van der Waals surface area contributed by atoms with Gasteiger partial charge in [-0.2, -0.15) is 0 Å². The summed E-state index contributed by atoms with van der Waals surface area (Å²) in [7, 11) is 0. The van der Waals surface area contributed by atoms with E-state index in [0.29, 0.717) is 17.5 Å². The molecule has 4 heterocycles. The Hall–Kier alpha value is -10.0. The molecule has 0 unspecified atom stereocenters. The first kappa shape index (κ1) is 44.6. The Morgan fingerprint density at radius 2 is 0.684 bits per heavy atom. The van der Waals surface area contributed by atoms with Gasteiger partial charge in [-0.1, -0.05) is 199 Å². The van der Waals surface area contributed by atoms with Crippen LogP contribution in [0.2, 0.25) is 0 Å². The van der Waals surface area contributed by atoms with E-state index in [2.05, 4.69) is 229 Å². The van der Waals surface area contributed by atoms with Crippen molar-refractivity contribution in [3.05, 3.63) is 266 Å². The lowest BCUT2D eigenvalue weighted by molar-refractivity contribution is 1.07. The fraction of sp³-hybridized carbons (Fsp3) is 0.0286. The minimum atomic E-state index is 0.584. The zero-order valence-electron chi connectivity index (χ0n) is 41.9. The first-order valence-electron chi connectivity index (χ1n) is 25.8. The van der Waals surface area contributed by atoms with Crippen molar-refractivity contribution in [3.63, 3.8) is 0 Å². The predicted octanol–water partition coefficient (Wildman–Crippen LogP) is 17.7. The lowest BCUT2D eigenvalue weighted by Crippen LogP contribution is -2.04. The molecule has 0 spiro atoms. The van der Waals surface area contributed by atoms with Crippen LogP contribution in [-0.4, -0.2) is 29.1 Å². The molecule has 0 atom stereocenters. The first-order chi connectivity index (χ1) is 37.5. The molecular weight excluding hydrogens is 925 g/mol. The lowest BCUT2D eigenvalue weighted by atomic mass is 9.96. The van der Waals surface area contributed by atoms with Gasteiger partial charge in [-0.05, 0) is 96.8 Å². The maximum atomic E-state index is 5.26. The molecule has 0 aliphatic rings. The fourth-order valence-corrected chi connectivity index (χ4v) is 11.1. The van der Waals surface area contributed by atoms with Gasteiger partial charge in [0.2, 0.25) is 0 Å². The standard InChI is InChI=1S/C70H48N6/c1-45-17-15-23-49(39-45)51-32-36-64-59(41-51)55-25-9-11-28-62(55)75(64)66-43-53(61-27-13-14-38-71-61)30-34-57(66)58-35-31-54(70-73-68(47-19-5-3-6-20-47)72-69(74-70)48-21-7-4-8-22-48)44-67(58)76-63-29-12-10-26-56(63)60-42-52(33-37-65(60)76)50-24-16-18-46(2)40-50/h3-44H,1-2H3. The van der Waals surface area contributed by atoms with E-state index in [9.17, 15) is 0 Å². The van der Waals surface area contributed by atoms with Crippen LogP contribution in [0.15, 0.2) is 255 Å². The Morgan fingerprint density at radius 1 is 0.276 bits per heavy atom. The third-order valence-corrected chi connectivity index (χ3v) is 14.7. The smallest absolute Gasteiger partial charge is 0.164 e. The highest BCUT2D eigenvalue weighted by Gasteiger charge is 2.24. The first-order valence-corrected chi connectivity index (χ1v) is 25.8. The summed E-state index contributed by atoms with van der Waals surface area (Å²) in [4.78, 5) is 20.5. The predicted molar refractivity (Wildman–Crippen MR) is 314 cm³/mol. The van der Waals surface area contributed by atoms with Crippen LogP contribution in [0, 0.1) is 13.8 Å². The third-order valence-electron chi connectivity index (χ3n) is 14.7. The van der Waals surface area contributed by atoms with Crippen LogP contribution in [-0.2, 0) is 0 Å². The summed E-state index contributed by atoms with van der Waals surface area (Å²) in [5, 5.41) is 4.70. The minimum Gasteiger partial charge on any atom is -0.309 e. The summed E-state index contributed by atoms with van der Waals surface area (Å²) in [6.45, 7) is 4.31. The van der Waals surface area contributed by atoms with Crippen LogP contribution in [0.3, 0.4) is 0 Å². The molecule has 0 N–H and O–H groups in total. The molecule has 0 fully saturated rings. The highest BCUT2D eigenvalue weighted by molar-refractivity contribution is 6.13. The number of para-hydroxylation sites is 2. The van der Waals surface area contributed by atoms with Crippen LogP contribution in [0.5, 0.6) is 0 Å². The van der Waals surface area contributed by atoms with Gasteiger partial charge in [0.15, 0.2) is 17.5 Å². The van der Waals surface area contributed by atoms with Gasteiger partial charge in [0.25, 0.3) is 0 Å². The summed E-state index contributed by atoms with van der Waals surface area (Å²) >= 11 is 0. The summed E-state index contributed by atoms with van der Waals surface area (Å²) in [5.74, 6) is 1.81. The number of benzene rings is 10. The van der Waals surface area contributed by atoms with Crippen molar-refractivity contribution in [1.29, 1.82) is 0 Å². The van der Waals surface area contributed by atoms with Gasteiger partial charge in [-0.15, -0.1) is 0 Å². The van der Waals surface area contributed by atoms with E-state index in [0.717, 1.165) is 72.5 Å². The third kappa shape index (κ3) is 7.83. The maximum Gasteiger partial charge on any atom is 0.164 e. The molecule has 6 nitrogen and oxygen atoms in total. The average molecular weight is 973 g/mol. The van der Waals surface area contributed by atoms with E-state index in [1.54, 1.807) is 0 Å². The van der Waals surface area contributed by atoms with E-state index in [4.69, 9.17) is 19.9 Å². The molecule has 4 aromatic heterocycles. The molecule has 0 bridgehead atoms. The summed E-state index contributed by atoms with van der Waals surface area (Å²) < 4.78 is 4.89. The lowest BCUT2D eigenvalue weighted by Gasteiger charge is -2.20. The Kier molecular flexibility index (Phi) is 10.8. The van der Waals surface area contributed by atoms with Crippen LogP contribution in [0.25, 0.3) is 134 Å². The van der Waals surface area contributed by atoms with Crippen molar-refractivity contribution < 1.29 is 0 Å². The van der Waals surface area contributed by atoms with Crippen molar-refractivity contribution in [2.24, 2.45) is 0 Å². The Labute approximate surface area is 440 Å². The molecule has 0 amide bonds. The molecule has 0 aliphatic carbocycles. The molecule has 0 radical (unpaired) electrons. The molecule has 6 heteroatoms. The zero-order chi connectivity index (χ0) is 50.7. The minimum absolute atomic E-state index is 0.584. The van der Waals surface area contributed by atoms with Gasteiger partial charge in [0.1, 0.15) is 0 Å². The molecule has 358 valence electrons. The second-order valence-electron chi connectivity index (χ2n) is 19.6. The topological polar surface area (TPSA) is 61.4 Å². The largest absolute Gasteiger partial charge is 0.309 e. The van der Waals surface area contributed by atoms with Gasteiger partial charge >= 0.3 is 0 Å². The molecule has 0 saturated carbocycles. The van der Waals surface area contributed by atoms with Crippen LogP contribution in [0.4, 0.5) is 0 Å². The SMILES string of the molecule is Cc1cccc(-c2ccc3c(c2)c2ccccc2n3-c2cc(-c3ccccn3)ccc2-c2ccc(-c3nc(-c4ccccc4)nc(-c4ccccc4)n3)cc2-n2c3ccccc3c3cc(-c4cccc(C)c4)ccc32)c1. The van der Waals surface area contributed by atoms with Gasteiger partial charge in [0.05, 0.1) is 39.1 Å². The van der Waals surface area contributed by atoms with Crippen molar-refractivity contribution in [2.75, 3.05) is 0 Å². The van der Waals surface area contributed by atoms with E-state index < -0.39 is 0 Å². The molecular formula is C70H48N6. The van der Waals surface area contributed by atoms with E-state index in [-0.39, 0.29) is 0 Å². The van der Waals surface area contributed by atoms with E-state index in [1.165, 1.54) is 54.9 Å². The number of aromatic nitrogens is 6. The number of hydrogen-bond donors (Lipinski definition) is 0. The number of hydrogen-bond acceptors (Lipinski definition) is 4. The van der Waals surface area contributed by atoms with Crippen LogP contribution < -0.4 is 0 Å². The van der Waals surface area contributed by atoms with Crippen LogP contribution >= 0.6 is 0 Å². The fourth-order valence-electron chi connectivity index (χ4n) is 11.1. The quantitative estimate of drug-likeness (QED) is 0.145. The second-order valence-corrected chi connectivity index (χ2v) is 19.6. The second kappa shape index (κ2) is 18.5. The molecule has 0 saturated heterocycles. The number of rotatable bonds is 9. The zero-order valence-corrected chi connectivity index (χ0v) is 41.9. The number of nitrogens with zero attached hydrogens (tertiary/aromatic N) is 6. The normalized spacial score (nSPS) is 11.6. The average Bonchev–Trinajstić information content (AvgIpc) is 4.01. The van der Waals surface area contributed by atoms with Gasteiger partial charge in [-0.3, -0.25) is 4.98 Å². The molecule has 14 aromatic rings. The summed E-state index contributed by atoms with van der Waals surface area (Å²) in [6, 6.07) is 88.9. The molecule has 76 heavy (non-hydrogen) atoms. The summed E-state index contributed by atoms with van der Waals surface area (Å²) in [5.41, 5.74) is 20.4. The van der Waals surface area contributed by atoms with Gasteiger partial charge in [-0.25, -0.2) is 15.0 Å². The summed E-state index contributed by atoms with van der Waals surface area (Å²) in [6.07, 6.45) is 1.87. The number of pyridine rings is 1. The maximum absolute atomic E-state index is 5.26. The van der Waals surface area contributed by atoms with Crippen molar-refractivity contribution in [3.8, 4) is 90.2 Å². The molecule has 10 aromatic carbocycles. The van der Waals surface area contributed by atoms with E-state index >= 15 is 0 Å². The van der Waals surface area contributed by atoms with Crippen molar-refractivity contribution >= 4 is 43.6 Å². The highest BCUT2D eigenvalue weighted by atomic mass is 15.0. The Morgan fingerprint density at radius 3 is 1.18 bits per heavy atom. The number of fused-ring (bicyclic) bond motifs is 6. The van der Waals surface area contributed by atoms with Crippen LogP contribution in [0.1, 0.15) is 11.1 Å². The molecule has 0 aliphatic heterocycles. The van der Waals surface area contributed by atoms with Gasteiger partial charge < -0.3 is 9.13 Å². The van der Waals surface area contributed by atoms with Crippen molar-refractivity contribution in [1.82, 2.24) is 29.1 Å². The van der Waals surface area contributed by atoms with Crippen molar-refractivity contribution in [2.45, 2.75) is 13.8 Å². The number of aryl methyl sites for hydroxylation is 2. The van der Waals surface area contributed by atoms with E-state index in [1.807, 2.05) is 48.7 Å². The Bertz CT molecular complexity index is 4480. The van der Waals surface area contributed by atoms with Gasteiger partial charge in [0, 0.05) is 61.1 Å². The molecule has 14 rings (SSSR count).